The van der Waals surface area contributed by atoms with Gasteiger partial charge in [-0.1, -0.05) is 0 Å². The first-order valence-corrected chi connectivity index (χ1v) is 5.17. The SMILES string of the molecule is Cc1cc(N2CCNCC2)cc(C)n1.Cl. The molecule has 1 saturated heterocycles. The monoisotopic (exact) mass is 227 g/mol. The fourth-order valence-corrected chi connectivity index (χ4v) is 1.92. The Hall–Kier alpha value is -0.800. The van der Waals surface area contributed by atoms with Gasteiger partial charge in [-0.2, -0.15) is 0 Å². The summed E-state index contributed by atoms with van der Waals surface area (Å²) >= 11 is 0. The van der Waals surface area contributed by atoms with Gasteiger partial charge in [0.05, 0.1) is 0 Å². The number of nitrogens with zero attached hydrogens (tertiary/aromatic N) is 2. The molecular formula is C11H18ClN3. The Bertz CT molecular complexity index is 301. The van der Waals surface area contributed by atoms with Crippen LogP contribution in [0.25, 0.3) is 0 Å². The minimum Gasteiger partial charge on any atom is -0.369 e. The van der Waals surface area contributed by atoms with Gasteiger partial charge >= 0.3 is 0 Å². The third-order valence-corrected chi connectivity index (χ3v) is 2.55. The van der Waals surface area contributed by atoms with Crippen LogP contribution in [-0.4, -0.2) is 31.2 Å². The number of hydrogen-bond acceptors (Lipinski definition) is 3. The Balaban J connectivity index is 0.00000112. The van der Waals surface area contributed by atoms with Crippen LogP contribution in [0.15, 0.2) is 12.1 Å². The van der Waals surface area contributed by atoms with Gasteiger partial charge in [-0.3, -0.25) is 4.98 Å². The summed E-state index contributed by atoms with van der Waals surface area (Å²) in [5, 5.41) is 3.36. The standard InChI is InChI=1S/C11H17N3.ClH/c1-9-7-11(8-10(2)13-9)14-5-3-12-4-6-14;/h7-8,12H,3-6H2,1-2H3;1H. The van der Waals surface area contributed by atoms with Crippen LogP contribution in [0.1, 0.15) is 11.4 Å². The minimum absolute atomic E-state index is 0. The molecule has 4 heteroatoms. The van der Waals surface area contributed by atoms with Crippen molar-refractivity contribution in [3.8, 4) is 0 Å². The molecule has 1 aliphatic heterocycles. The molecule has 3 nitrogen and oxygen atoms in total. The van der Waals surface area contributed by atoms with E-state index in [1.165, 1.54) is 5.69 Å². The summed E-state index contributed by atoms with van der Waals surface area (Å²) in [6.45, 7) is 8.48. The molecule has 0 atom stereocenters. The topological polar surface area (TPSA) is 28.2 Å². The molecule has 1 aliphatic rings. The summed E-state index contributed by atoms with van der Waals surface area (Å²) in [5.41, 5.74) is 3.54. The summed E-state index contributed by atoms with van der Waals surface area (Å²) < 4.78 is 0. The number of anilines is 1. The first-order chi connectivity index (χ1) is 6.75. The smallest absolute Gasteiger partial charge is 0.0403 e. The van der Waals surface area contributed by atoms with Crippen LogP contribution in [0.3, 0.4) is 0 Å². The van der Waals surface area contributed by atoms with Crippen molar-refractivity contribution in [3.05, 3.63) is 23.5 Å². The zero-order valence-corrected chi connectivity index (χ0v) is 10.1. The van der Waals surface area contributed by atoms with E-state index in [1.807, 2.05) is 0 Å². The molecule has 0 unspecified atom stereocenters. The average Bonchev–Trinajstić information content (AvgIpc) is 2.18. The van der Waals surface area contributed by atoms with Crippen molar-refractivity contribution in [3.63, 3.8) is 0 Å². The van der Waals surface area contributed by atoms with Crippen LogP contribution in [0.2, 0.25) is 0 Å². The molecule has 0 bridgehead atoms. The molecule has 2 rings (SSSR count). The molecule has 2 heterocycles. The highest BCUT2D eigenvalue weighted by Crippen LogP contribution is 2.16. The third kappa shape index (κ3) is 3.08. The Labute approximate surface area is 97.3 Å². The van der Waals surface area contributed by atoms with E-state index in [2.05, 4.69) is 41.2 Å². The van der Waals surface area contributed by atoms with Gasteiger partial charge in [0.15, 0.2) is 0 Å². The van der Waals surface area contributed by atoms with Gasteiger partial charge in [-0.25, -0.2) is 0 Å². The van der Waals surface area contributed by atoms with Gasteiger partial charge < -0.3 is 10.2 Å². The van der Waals surface area contributed by atoms with Crippen molar-refractivity contribution < 1.29 is 0 Å². The second kappa shape index (κ2) is 5.33. The molecule has 84 valence electrons. The van der Waals surface area contributed by atoms with E-state index in [-0.39, 0.29) is 12.4 Å². The zero-order valence-electron chi connectivity index (χ0n) is 9.29. The average molecular weight is 228 g/mol. The van der Waals surface area contributed by atoms with E-state index in [9.17, 15) is 0 Å². The predicted octanol–water partition coefficient (Wildman–Crippen LogP) is 1.53. The quantitative estimate of drug-likeness (QED) is 0.789. The molecule has 1 aromatic heterocycles. The van der Waals surface area contributed by atoms with Crippen molar-refractivity contribution in [2.75, 3.05) is 31.1 Å². The lowest BCUT2D eigenvalue weighted by Gasteiger charge is -2.29. The minimum atomic E-state index is 0. The molecule has 0 spiro atoms. The van der Waals surface area contributed by atoms with Crippen molar-refractivity contribution in [2.45, 2.75) is 13.8 Å². The third-order valence-electron chi connectivity index (χ3n) is 2.55. The first kappa shape index (κ1) is 12.3. The molecule has 15 heavy (non-hydrogen) atoms. The number of aryl methyl sites for hydroxylation is 2. The number of halogens is 1. The summed E-state index contributed by atoms with van der Waals surface area (Å²) in [6.07, 6.45) is 0. The summed E-state index contributed by atoms with van der Waals surface area (Å²) in [4.78, 5) is 6.80. The lowest BCUT2D eigenvalue weighted by Crippen LogP contribution is -2.43. The van der Waals surface area contributed by atoms with E-state index in [0.29, 0.717) is 0 Å². The molecule has 1 N–H and O–H groups in total. The Morgan fingerprint density at radius 3 is 2.20 bits per heavy atom. The van der Waals surface area contributed by atoms with Gasteiger partial charge in [0.25, 0.3) is 0 Å². The summed E-state index contributed by atoms with van der Waals surface area (Å²) in [5.74, 6) is 0. The van der Waals surface area contributed by atoms with Crippen LogP contribution >= 0.6 is 12.4 Å². The van der Waals surface area contributed by atoms with Crippen LogP contribution in [-0.2, 0) is 0 Å². The van der Waals surface area contributed by atoms with Crippen LogP contribution in [0, 0.1) is 13.8 Å². The first-order valence-electron chi connectivity index (χ1n) is 5.17. The van der Waals surface area contributed by atoms with E-state index in [0.717, 1.165) is 37.6 Å². The second-order valence-corrected chi connectivity index (χ2v) is 3.85. The maximum absolute atomic E-state index is 4.39. The lowest BCUT2D eigenvalue weighted by molar-refractivity contribution is 0.589. The van der Waals surface area contributed by atoms with E-state index in [4.69, 9.17) is 0 Å². The molecule has 1 aromatic rings. The van der Waals surface area contributed by atoms with Gasteiger partial charge in [0.1, 0.15) is 0 Å². The molecule has 1 fully saturated rings. The second-order valence-electron chi connectivity index (χ2n) is 3.85. The van der Waals surface area contributed by atoms with E-state index < -0.39 is 0 Å². The van der Waals surface area contributed by atoms with Crippen LogP contribution in [0.4, 0.5) is 5.69 Å². The maximum atomic E-state index is 4.39. The van der Waals surface area contributed by atoms with Crippen LogP contribution in [0.5, 0.6) is 0 Å². The Kier molecular flexibility index (Phi) is 4.36. The van der Waals surface area contributed by atoms with Crippen LogP contribution < -0.4 is 10.2 Å². The number of piperazine rings is 1. The van der Waals surface area contributed by atoms with Gasteiger partial charge in [0.2, 0.25) is 0 Å². The largest absolute Gasteiger partial charge is 0.369 e. The highest BCUT2D eigenvalue weighted by atomic mass is 35.5. The molecule has 0 aliphatic carbocycles. The van der Waals surface area contributed by atoms with Gasteiger partial charge in [-0.15, -0.1) is 12.4 Å². The van der Waals surface area contributed by atoms with Gasteiger partial charge in [0, 0.05) is 43.3 Å². The van der Waals surface area contributed by atoms with Crippen molar-refractivity contribution in [1.29, 1.82) is 0 Å². The maximum Gasteiger partial charge on any atom is 0.0403 e. The van der Waals surface area contributed by atoms with E-state index in [1.54, 1.807) is 0 Å². The fraction of sp³-hybridized carbons (Fsp3) is 0.545. The highest BCUT2D eigenvalue weighted by Gasteiger charge is 2.10. The van der Waals surface area contributed by atoms with Crippen molar-refractivity contribution >= 4 is 18.1 Å². The number of rotatable bonds is 1. The Morgan fingerprint density at radius 2 is 1.67 bits per heavy atom. The van der Waals surface area contributed by atoms with Crippen molar-refractivity contribution in [2.24, 2.45) is 0 Å². The fourth-order valence-electron chi connectivity index (χ4n) is 1.92. The molecule has 0 aromatic carbocycles. The van der Waals surface area contributed by atoms with E-state index >= 15 is 0 Å². The number of pyridine rings is 1. The predicted molar refractivity (Wildman–Crippen MR) is 66.0 cm³/mol. The van der Waals surface area contributed by atoms with Crippen molar-refractivity contribution in [1.82, 2.24) is 10.3 Å². The lowest BCUT2D eigenvalue weighted by atomic mass is 10.2. The normalized spacial score (nSPS) is 16.0. The van der Waals surface area contributed by atoms with Gasteiger partial charge in [-0.05, 0) is 26.0 Å². The molecule has 0 amide bonds. The highest BCUT2D eigenvalue weighted by molar-refractivity contribution is 5.85. The Morgan fingerprint density at radius 1 is 1.13 bits per heavy atom. The zero-order chi connectivity index (χ0) is 9.97. The molecular weight excluding hydrogens is 210 g/mol. The molecule has 0 radical (unpaired) electrons. The summed E-state index contributed by atoms with van der Waals surface area (Å²) in [6, 6.07) is 4.33. The summed E-state index contributed by atoms with van der Waals surface area (Å²) in [7, 11) is 0. The molecule has 0 saturated carbocycles. The number of aromatic nitrogens is 1. The number of hydrogen-bond donors (Lipinski definition) is 1. The number of nitrogens with one attached hydrogen (secondary N) is 1.